The first-order valence-corrected chi connectivity index (χ1v) is 12.1. The first kappa shape index (κ1) is 26.5. The van der Waals surface area contributed by atoms with Gasteiger partial charge in [-0.2, -0.15) is 0 Å². The highest BCUT2D eigenvalue weighted by molar-refractivity contribution is 6.02. The van der Waals surface area contributed by atoms with Crippen LogP contribution in [-0.2, 0) is 20.8 Å². The van der Waals surface area contributed by atoms with Gasteiger partial charge in [0.05, 0.1) is 24.2 Å². The first-order valence-electron chi connectivity index (χ1n) is 12.1. The molecule has 2 aliphatic rings. The molecule has 1 unspecified atom stereocenters. The van der Waals surface area contributed by atoms with E-state index >= 15 is 0 Å². The monoisotopic (exact) mass is 525 g/mol. The van der Waals surface area contributed by atoms with Crippen molar-refractivity contribution in [2.45, 2.75) is 44.2 Å². The molecule has 2 aromatic carbocycles. The van der Waals surface area contributed by atoms with Gasteiger partial charge in [-0.25, -0.2) is 9.59 Å². The van der Waals surface area contributed by atoms with Crippen LogP contribution in [0.4, 0.5) is 5.69 Å². The maximum Gasteiger partial charge on any atom is 0.343 e. The van der Waals surface area contributed by atoms with Gasteiger partial charge in [0.15, 0.2) is 11.5 Å². The number of anilines is 1. The number of nitrogens with zero attached hydrogens (tertiary/aromatic N) is 1. The van der Waals surface area contributed by atoms with E-state index in [1.54, 1.807) is 18.2 Å². The van der Waals surface area contributed by atoms with E-state index in [4.69, 9.17) is 20.3 Å². The number of benzene rings is 2. The summed E-state index contributed by atoms with van der Waals surface area (Å²) in [6, 6.07) is 6.78. The van der Waals surface area contributed by atoms with Gasteiger partial charge in [0.2, 0.25) is 5.91 Å². The fourth-order valence-electron chi connectivity index (χ4n) is 4.60. The third-order valence-corrected chi connectivity index (χ3v) is 6.41. The van der Waals surface area contributed by atoms with E-state index in [1.165, 1.54) is 23.1 Å². The van der Waals surface area contributed by atoms with Crippen molar-refractivity contribution < 1.29 is 43.7 Å². The molecule has 0 aliphatic carbocycles. The van der Waals surface area contributed by atoms with Crippen molar-refractivity contribution in [2.24, 2.45) is 0 Å². The maximum atomic E-state index is 13.6. The second-order valence-corrected chi connectivity index (χ2v) is 9.04. The summed E-state index contributed by atoms with van der Waals surface area (Å²) in [5.41, 5.74) is 7.54. The predicted molar refractivity (Wildman–Crippen MR) is 132 cm³/mol. The van der Waals surface area contributed by atoms with Gasteiger partial charge in [0.1, 0.15) is 12.1 Å². The van der Waals surface area contributed by atoms with Crippen molar-refractivity contribution in [3.05, 3.63) is 53.1 Å². The number of rotatable bonds is 6. The molecule has 4 rings (SSSR count). The van der Waals surface area contributed by atoms with E-state index in [0.717, 1.165) is 5.56 Å². The van der Waals surface area contributed by atoms with Gasteiger partial charge in [-0.1, -0.05) is 6.07 Å². The molecule has 12 heteroatoms. The molecule has 2 heterocycles. The molecule has 12 nitrogen and oxygen atoms in total. The number of nitrogens with two attached hydrogens (primary N) is 1. The first-order chi connectivity index (χ1) is 18.2. The molecule has 1 saturated heterocycles. The highest BCUT2D eigenvalue weighted by atomic mass is 16.6. The molecular weight excluding hydrogens is 498 g/mol. The van der Waals surface area contributed by atoms with Crippen molar-refractivity contribution in [3.8, 4) is 11.5 Å². The van der Waals surface area contributed by atoms with E-state index < -0.39 is 48.2 Å². The van der Waals surface area contributed by atoms with Crippen molar-refractivity contribution in [2.75, 3.05) is 18.9 Å². The standard InChI is InChI=1S/C26H27N3O9/c27-15-8-9-16-14(12-15)4-3-11-37-22-17(5-1-7-20(22)38-26(16)36)24(33)29-10-2-6-19(29)23(32)28-18(25(34)35)13-21(30)31/h1,5,7-9,12,18-19H,2-4,6,10-11,13,27H2,(H,28,32)(H,30,31)(H,34,35)/t18?,19-/m0/s1. The third kappa shape index (κ3) is 5.69. The lowest BCUT2D eigenvalue weighted by atomic mass is 10.0. The molecule has 200 valence electrons. The molecule has 2 amide bonds. The number of likely N-dealkylation sites (tertiary alicyclic amines) is 1. The summed E-state index contributed by atoms with van der Waals surface area (Å²) >= 11 is 0. The molecule has 1 fully saturated rings. The van der Waals surface area contributed by atoms with Crippen LogP contribution >= 0.6 is 0 Å². The number of ether oxygens (including phenoxy) is 2. The van der Waals surface area contributed by atoms with Crippen molar-refractivity contribution >= 4 is 35.4 Å². The van der Waals surface area contributed by atoms with Crippen LogP contribution in [0.5, 0.6) is 11.5 Å². The Morgan fingerprint density at radius 3 is 2.66 bits per heavy atom. The predicted octanol–water partition coefficient (Wildman–Crippen LogP) is 1.46. The topological polar surface area (TPSA) is 186 Å². The van der Waals surface area contributed by atoms with Gasteiger partial charge in [-0.05, 0) is 61.6 Å². The van der Waals surface area contributed by atoms with Crippen molar-refractivity contribution in [3.63, 3.8) is 0 Å². The van der Waals surface area contributed by atoms with Crippen LogP contribution in [0.15, 0.2) is 36.4 Å². The Kier molecular flexibility index (Phi) is 7.79. The largest absolute Gasteiger partial charge is 0.489 e. The number of aliphatic carboxylic acids is 2. The number of para-hydroxylation sites is 1. The molecule has 38 heavy (non-hydrogen) atoms. The van der Waals surface area contributed by atoms with Gasteiger partial charge in [0, 0.05) is 12.2 Å². The number of carboxylic acids is 2. The Balaban J connectivity index is 1.59. The number of nitrogens with one attached hydrogen (secondary N) is 1. The van der Waals surface area contributed by atoms with E-state index in [1.807, 2.05) is 0 Å². The number of esters is 1. The fraction of sp³-hybridized carbons (Fsp3) is 0.346. The lowest BCUT2D eigenvalue weighted by Gasteiger charge is -2.26. The summed E-state index contributed by atoms with van der Waals surface area (Å²) in [5.74, 6) is -4.74. The van der Waals surface area contributed by atoms with Gasteiger partial charge in [-0.3, -0.25) is 14.4 Å². The van der Waals surface area contributed by atoms with Gasteiger partial charge < -0.3 is 35.6 Å². The highest BCUT2D eigenvalue weighted by Crippen LogP contribution is 2.35. The molecule has 0 bridgehead atoms. The molecule has 0 spiro atoms. The second kappa shape index (κ2) is 11.2. The number of carboxylic acid groups (broad SMARTS) is 2. The van der Waals surface area contributed by atoms with Gasteiger partial charge in [0.25, 0.3) is 5.91 Å². The average Bonchev–Trinajstić information content (AvgIpc) is 3.36. The number of carbonyl (C=O) groups excluding carboxylic acids is 3. The molecule has 2 atom stereocenters. The van der Waals surface area contributed by atoms with E-state index in [-0.39, 0.29) is 36.6 Å². The van der Waals surface area contributed by atoms with Crippen LogP contribution in [0.2, 0.25) is 0 Å². The van der Waals surface area contributed by atoms with Crippen LogP contribution in [0, 0.1) is 0 Å². The summed E-state index contributed by atoms with van der Waals surface area (Å²) in [6.45, 7) is 0.425. The minimum absolute atomic E-state index is 0.0399. The number of amides is 2. The zero-order valence-electron chi connectivity index (χ0n) is 20.3. The van der Waals surface area contributed by atoms with Crippen LogP contribution in [0.25, 0.3) is 0 Å². The van der Waals surface area contributed by atoms with Crippen molar-refractivity contribution in [1.82, 2.24) is 10.2 Å². The lowest BCUT2D eigenvalue weighted by molar-refractivity contribution is -0.147. The quantitative estimate of drug-likeness (QED) is 0.244. The molecule has 2 aromatic rings. The Hall–Kier alpha value is -4.61. The average molecular weight is 526 g/mol. The number of fused-ring (bicyclic) bond motifs is 2. The van der Waals surface area contributed by atoms with Crippen LogP contribution in [0.1, 0.15) is 52.0 Å². The highest BCUT2D eigenvalue weighted by Gasteiger charge is 2.38. The van der Waals surface area contributed by atoms with E-state index in [9.17, 15) is 29.1 Å². The molecule has 0 radical (unpaired) electrons. The maximum absolute atomic E-state index is 13.6. The zero-order chi connectivity index (χ0) is 27.4. The lowest BCUT2D eigenvalue weighted by Crippen LogP contribution is -2.51. The van der Waals surface area contributed by atoms with Gasteiger partial charge >= 0.3 is 17.9 Å². The zero-order valence-corrected chi connectivity index (χ0v) is 20.3. The summed E-state index contributed by atoms with van der Waals surface area (Å²) in [5, 5.41) is 20.4. The fourth-order valence-corrected chi connectivity index (χ4v) is 4.60. The van der Waals surface area contributed by atoms with Crippen LogP contribution in [-0.4, -0.2) is 70.1 Å². The Bertz CT molecular complexity index is 1290. The number of nitrogen functional groups attached to an aromatic ring is 1. The smallest absolute Gasteiger partial charge is 0.343 e. The normalized spacial score (nSPS) is 17.7. The molecule has 5 N–H and O–H groups in total. The molecule has 2 aliphatic heterocycles. The van der Waals surface area contributed by atoms with Crippen LogP contribution in [0.3, 0.4) is 0 Å². The van der Waals surface area contributed by atoms with Crippen molar-refractivity contribution in [1.29, 1.82) is 0 Å². The number of carbonyl (C=O) groups is 5. The molecule has 0 aromatic heterocycles. The Morgan fingerprint density at radius 2 is 1.92 bits per heavy atom. The third-order valence-electron chi connectivity index (χ3n) is 6.41. The minimum Gasteiger partial charge on any atom is -0.489 e. The summed E-state index contributed by atoms with van der Waals surface area (Å²) in [7, 11) is 0. The second-order valence-electron chi connectivity index (χ2n) is 9.04. The Labute approximate surface area is 217 Å². The molecular formula is C26H27N3O9. The number of aryl methyl sites for hydroxylation is 1. The molecule has 0 saturated carbocycles. The van der Waals surface area contributed by atoms with E-state index in [0.29, 0.717) is 30.5 Å². The Morgan fingerprint density at radius 1 is 1.13 bits per heavy atom. The van der Waals surface area contributed by atoms with Gasteiger partial charge in [-0.15, -0.1) is 0 Å². The summed E-state index contributed by atoms with van der Waals surface area (Å²) in [4.78, 5) is 63.1. The van der Waals surface area contributed by atoms with Crippen LogP contribution < -0.4 is 20.5 Å². The SMILES string of the molecule is Nc1ccc2c(c1)CCCOc1c(cccc1C(=O)N1CCC[C@H]1C(=O)NC(CC(=O)O)C(=O)O)OC2=O. The van der Waals surface area contributed by atoms with E-state index in [2.05, 4.69) is 5.32 Å². The minimum atomic E-state index is -1.64. The summed E-state index contributed by atoms with van der Waals surface area (Å²) in [6.07, 6.45) is 0.965. The number of hydrogen-bond donors (Lipinski definition) is 4. The summed E-state index contributed by atoms with van der Waals surface area (Å²) < 4.78 is 11.5. The number of hydrogen-bond acceptors (Lipinski definition) is 8.